The van der Waals surface area contributed by atoms with Crippen LogP contribution < -0.4 is 5.73 Å². The lowest BCUT2D eigenvalue weighted by molar-refractivity contribution is -0.142. The van der Waals surface area contributed by atoms with Crippen molar-refractivity contribution in [2.75, 3.05) is 7.11 Å². The monoisotopic (exact) mass is 378 g/mol. The van der Waals surface area contributed by atoms with E-state index in [1.807, 2.05) is 54.7 Å². The smallest absolute Gasteiger partial charge is 0.322 e. The van der Waals surface area contributed by atoms with E-state index in [0.29, 0.717) is 6.42 Å². The van der Waals surface area contributed by atoms with Crippen LogP contribution in [0, 0.1) is 0 Å². The first-order chi connectivity index (χ1) is 11.2. The standard InChI is InChI=1S/C19H18N2O2.2ClH/c1-23-19(22)17(20)12-13-6-8-14(9-7-13)15-10-11-21-18-5-3-2-4-16(15)18;;/h2-11,17H,12,20H2,1H3;2*1H/t17-;;/m0../s1. The summed E-state index contributed by atoms with van der Waals surface area (Å²) in [5.74, 6) is -0.394. The van der Waals surface area contributed by atoms with Gasteiger partial charge in [0.15, 0.2) is 0 Å². The zero-order valence-corrected chi connectivity index (χ0v) is 15.3. The number of nitrogens with zero attached hydrogens (tertiary/aromatic N) is 1. The summed E-state index contributed by atoms with van der Waals surface area (Å²) < 4.78 is 4.65. The van der Waals surface area contributed by atoms with Crippen molar-refractivity contribution in [1.29, 1.82) is 0 Å². The van der Waals surface area contributed by atoms with E-state index in [0.717, 1.165) is 27.6 Å². The summed E-state index contributed by atoms with van der Waals surface area (Å²) >= 11 is 0. The fraction of sp³-hybridized carbons (Fsp3) is 0.158. The fourth-order valence-electron chi connectivity index (χ4n) is 2.66. The molecule has 6 heteroatoms. The number of methoxy groups -OCH3 is 1. The quantitative estimate of drug-likeness (QED) is 0.701. The van der Waals surface area contributed by atoms with E-state index in [2.05, 4.69) is 15.8 Å². The van der Waals surface area contributed by atoms with Crippen LogP contribution in [-0.4, -0.2) is 24.1 Å². The molecule has 0 radical (unpaired) electrons. The largest absolute Gasteiger partial charge is 0.468 e. The molecule has 1 heterocycles. The Balaban J connectivity index is 0.00000156. The molecule has 2 N–H and O–H groups in total. The summed E-state index contributed by atoms with van der Waals surface area (Å²) in [6.45, 7) is 0. The summed E-state index contributed by atoms with van der Waals surface area (Å²) in [5, 5.41) is 1.12. The summed E-state index contributed by atoms with van der Waals surface area (Å²) in [6, 6.07) is 17.5. The summed E-state index contributed by atoms with van der Waals surface area (Å²) in [4.78, 5) is 15.8. The second-order valence-corrected chi connectivity index (χ2v) is 5.41. The molecule has 0 aliphatic rings. The normalized spacial score (nSPS) is 11.1. The van der Waals surface area contributed by atoms with Crippen molar-refractivity contribution in [1.82, 2.24) is 4.98 Å². The van der Waals surface area contributed by atoms with Gasteiger partial charge in [-0.25, -0.2) is 0 Å². The van der Waals surface area contributed by atoms with Gasteiger partial charge >= 0.3 is 5.97 Å². The minimum absolute atomic E-state index is 0. The number of ether oxygens (including phenoxy) is 1. The Kier molecular flexibility index (Phi) is 7.84. The van der Waals surface area contributed by atoms with E-state index in [-0.39, 0.29) is 24.8 Å². The number of hydrogen-bond donors (Lipinski definition) is 1. The van der Waals surface area contributed by atoms with Crippen LogP contribution in [0.5, 0.6) is 0 Å². The highest BCUT2D eigenvalue weighted by molar-refractivity contribution is 5.94. The molecular formula is C19H20Cl2N2O2. The average Bonchev–Trinajstić information content (AvgIpc) is 2.61. The maximum Gasteiger partial charge on any atom is 0.322 e. The Hall–Kier alpha value is -2.14. The molecule has 0 fully saturated rings. The number of aromatic nitrogens is 1. The van der Waals surface area contributed by atoms with Crippen LogP contribution in [-0.2, 0) is 16.0 Å². The van der Waals surface area contributed by atoms with Gasteiger partial charge in [-0.05, 0) is 35.2 Å². The van der Waals surface area contributed by atoms with Crippen LogP contribution in [0.2, 0.25) is 0 Å². The third-order valence-electron chi connectivity index (χ3n) is 3.87. The zero-order chi connectivity index (χ0) is 16.2. The van der Waals surface area contributed by atoms with Crippen molar-refractivity contribution in [2.45, 2.75) is 12.5 Å². The summed E-state index contributed by atoms with van der Waals surface area (Å²) in [6.07, 6.45) is 2.28. The number of fused-ring (bicyclic) bond motifs is 1. The van der Waals surface area contributed by atoms with Gasteiger partial charge in [-0.3, -0.25) is 9.78 Å². The molecule has 25 heavy (non-hydrogen) atoms. The van der Waals surface area contributed by atoms with Crippen molar-refractivity contribution in [3.8, 4) is 11.1 Å². The van der Waals surface area contributed by atoms with Crippen LogP contribution >= 0.6 is 24.8 Å². The maximum atomic E-state index is 11.4. The van der Waals surface area contributed by atoms with E-state index < -0.39 is 12.0 Å². The molecule has 0 unspecified atom stereocenters. The Bertz CT molecular complexity index is 833. The Morgan fingerprint density at radius 1 is 1.08 bits per heavy atom. The predicted octanol–water partition coefficient (Wildman–Crippen LogP) is 3.79. The molecule has 0 aliphatic carbocycles. The first kappa shape index (κ1) is 20.9. The topological polar surface area (TPSA) is 65.2 Å². The van der Waals surface area contributed by atoms with Gasteiger partial charge in [-0.2, -0.15) is 0 Å². The Morgan fingerprint density at radius 3 is 2.44 bits per heavy atom. The molecule has 0 amide bonds. The van der Waals surface area contributed by atoms with Gasteiger partial charge in [0, 0.05) is 11.6 Å². The van der Waals surface area contributed by atoms with E-state index in [1.165, 1.54) is 7.11 Å². The van der Waals surface area contributed by atoms with Gasteiger partial charge in [0.25, 0.3) is 0 Å². The molecule has 0 aliphatic heterocycles. The second-order valence-electron chi connectivity index (χ2n) is 5.41. The first-order valence-corrected chi connectivity index (χ1v) is 7.45. The van der Waals surface area contributed by atoms with Crippen LogP contribution in [0.4, 0.5) is 0 Å². The van der Waals surface area contributed by atoms with E-state index in [4.69, 9.17) is 5.73 Å². The third-order valence-corrected chi connectivity index (χ3v) is 3.87. The molecule has 2 aromatic carbocycles. The van der Waals surface area contributed by atoms with E-state index in [9.17, 15) is 4.79 Å². The van der Waals surface area contributed by atoms with Gasteiger partial charge in [-0.1, -0.05) is 42.5 Å². The number of carbonyl (C=O) groups excluding carboxylic acids is 1. The highest BCUT2D eigenvalue weighted by atomic mass is 35.5. The van der Waals surface area contributed by atoms with E-state index >= 15 is 0 Å². The molecule has 4 nitrogen and oxygen atoms in total. The molecule has 0 bridgehead atoms. The van der Waals surface area contributed by atoms with Crippen molar-refractivity contribution >= 4 is 41.7 Å². The number of nitrogens with two attached hydrogens (primary N) is 1. The Morgan fingerprint density at radius 2 is 1.76 bits per heavy atom. The van der Waals surface area contributed by atoms with Crippen molar-refractivity contribution in [3.63, 3.8) is 0 Å². The number of pyridine rings is 1. The van der Waals surface area contributed by atoms with Gasteiger partial charge in [0.05, 0.1) is 12.6 Å². The average molecular weight is 379 g/mol. The van der Waals surface area contributed by atoms with Crippen LogP contribution in [0.1, 0.15) is 5.56 Å². The third kappa shape index (κ3) is 4.69. The van der Waals surface area contributed by atoms with Gasteiger partial charge in [0.2, 0.25) is 0 Å². The lowest BCUT2D eigenvalue weighted by Crippen LogP contribution is -2.33. The molecule has 1 aromatic heterocycles. The maximum absolute atomic E-state index is 11.4. The van der Waals surface area contributed by atoms with Crippen molar-refractivity contribution in [2.24, 2.45) is 5.73 Å². The Labute approximate surface area is 159 Å². The number of rotatable bonds is 4. The van der Waals surface area contributed by atoms with Crippen LogP contribution in [0.3, 0.4) is 0 Å². The number of halogens is 2. The second kappa shape index (κ2) is 9.37. The molecule has 0 spiro atoms. The molecule has 132 valence electrons. The fourth-order valence-corrected chi connectivity index (χ4v) is 2.66. The minimum Gasteiger partial charge on any atom is -0.468 e. The SMILES string of the molecule is COC(=O)[C@@H](N)Cc1ccc(-c2ccnc3ccccc23)cc1.Cl.Cl. The minimum atomic E-state index is -0.632. The molecule has 3 rings (SSSR count). The molecule has 0 saturated carbocycles. The lowest BCUT2D eigenvalue weighted by atomic mass is 9.98. The van der Waals surface area contributed by atoms with Crippen molar-refractivity contribution < 1.29 is 9.53 Å². The van der Waals surface area contributed by atoms with Gasteiger partial charge in [-0.15, -0.1) is 24.8 Å². The number of para-hydroxylation sites is 1. The molecular weight excluding hydrogens is 359 g/mol. The number of carbonyl (C=O) groups is 1. The number of esters is 1. The molecule has 1 atom stereocenters. The molecule has 3 aromatic rings. The summed E-state index contributed by atoms with van der Waals surface area (Å²) in [7, 11) is 1.35. The number of benzene rings is 2. The van der Waals surface area contributed by atoms with Crippen molar-refractivity contribution in [3.05, 3.63) is 66.4 Å². The first-order valence-electron chi connectivity index (χ1n) is 7.45. The van der Waals surface area contributed by atoms with E-state index in [1.54, 1.807) is 0 Å². The highest BCUT2D eigenvalue weighted by Crippen LogP contribution is 2.27. The highest BCUT2D eigenvalue weighted by Gasteiger charge is 2.14. The van der Waals surface area contributed by atoms with Gasteiger partial charge < -0.3 is 10.5 Å². The van der Waals surface area contributed by atoms with Gasteiger partial charge in [0.1, 0.15) is 6.04 Å². The summed E-state index contributed by atoms with van der Waals surface area (Å²) in [5.41, 5.74) is 10.0. The van der Waals surface area contributed by atoms with Crippen LogP contribution in [0.15, 0.2) is 60.8 Å². The zero-order valence-electron chi connectivity index (χ0n) is 13.7. The van der Waals surface area contributed by atoms with Crippen LogP contribution in [0.25, 0.3) is 22.0 Å². The molecule has 0 saturated heterocycles. The lowest BCUT2D eigenvalue weighted by Gasteiger charge is -2.10. The predicted molar refractivity (Wildman–Crippen MR) is 105 cm³/mol. The number of hydrogen-bond acceptors (Lipinski definition) is 4.